The lowest BCUT2D eigenvalue weighted by Crippen LogP contribution is -2.52. The van der Waals surface area contributed by atoms with E-state index in [9.17, 15) is 10.1 Å². The second kappa shape index (κ2) is 4.73. The maximum absolute atomic E-state index is 12.6. The molecular weight excluding hydrogens is 276 g/mol. The van der Waals surface area contributed by atoms with E-state index in [1.165, 1.54) is 4.90 Å². The Morgan fingerprint density at radius 1 is 1.35 bits per heavy atom. The summed E-state index contributed by atoms with van der Waals surface area (Å²) >= 11 is 5.86. The molecule has 1 aromatic carbocycles. The summed E-state index contributed by atoms with van der Waals surface area (Å²) in [6.45, 7) is 0.659. The van der Waals surface area contributed by atoms with Crippen LogP contribution in [0.2, 0.25) is 5.02 Å². The van der Waals surface area contributed by atoms with Gasteiger partial charge in [-0.3, -0.25) is 0 Å². The van der Waals surface area contributed by atoms with Crippen LogP contribution in [0.15, 0.2) is 35.7 Å². The van der Waals surface area contributed by atoms with Crippen LogP contribution in [0.3, 0.4) is 0 Å². The lowest BCUT2D eigenvalue weighted by Gasteiger charge is -2.37. The number of rotatable bonds is 1. The molecular formula is C14H13ClN4O. The highest BCUT2D eigenvalue weighted by molar-refractivity contribution is 6.30. The lowest BCUT2D eigenvalue weighted by molar-refractivity contribution is 0.203. The van der Waals surface area contributed by atoms with Gasteiger partial charge in [-0.15, -0.1) is 0 Å². The molecule has 1 saturated heterocycles. The van der Waals surface area contributed by atoms with Crippen LogP contribution >= 0.6 is 11.6 Å². The predicted molar refractivity (Wildman–Crippen MR) is 75.9 cm³/mol. The molecule has 2 aliphatic heterocycles. The van der Waals surface area contributed by atoms with Gasteiger partial charge >= 0.3 is 6.03 Å². The fourth-order valence-corrected chi connectivity index (χ4v) is 2.92. The fraction of sp³-hybridized carbons (Fsp3) is 0.286. The highest BCUT2D eigenvalue weighted by atomic mass is 35.5. The molecule has 1 unspecified atom stereocenters. The first-order valence-electron chi connectivity index (χ1n) is 6.39. The number of hydrogen-bond donors (Lipinski definition) is 1. The third-order valence-corrected chi connectivity index (χ3v) is 4.00. The predicted octanol–water partition coefficient (Wildman–Crippen LogP) is 2.44. The summed E-state index contributed by atoms with van der Waals surface area (Å²) in [6, 6.07) is 8.63. The van der Waals surface area contributed by atoms with E-state index in [4.69, 9.17) is 17.3 Å². The number of nitrogens with two attached hydrogens (primary N) is 1. The van der Waals surface area contributed by atoms with Crippen molar-refractivity contribution >= 4 is 23.3 Å². The molecule has 102 valence electrons. The second-order valence-corrected chi connectivity index (χ2v) is 5.29. The molecule has 2 heterocycles. The average molecular weight is 289 g/mol. The van der Waals surface area contributed by atoms with Gasteiger partial charge < -0.3 is 10.6 Å². The molecule has 1 atom stereocenters. The molecule has 0 radical (unpaired) electrons. The van der Waals surface area contributed by atoms with E-state index < -0.39 is 0 Å². The molecule has 0 bridgehead atoms. The minimum atomic E-state index is -0.175. The molecule has 1 aromatic rings. The van der Waals surface area contributed by atoms with Crippen molar-refractivity contribution in [2.24, 2.45) is 5.73 Å². The molecule has 3 rings (SSSR count). The van der Waals surface area contributed by atoms with Crippen molar-refractivity contribution in [1.82, 2.24) is 4.90 Å². The summed E-state index contributed by atoms with van der Waals surface area (Å²) in [5.41, 5.74) is 7.14. The molecule has 2 aliphatic rings. The van der Waals surface area contributed by atoms with Gasteiger partial charge in [0.25, 0.3) is 0 Å². The van der Waals surface area contributed by atoms with Crippen LogP contribution in [0.5, 0.6) is 0 Å². The SMILES string of the molecule is N#CC1=C(N)N(c2ccc(Cl)cc2)C(=O)N2CCCC12. The molecule has 1 fully saturated rings. The Morgan fingerprint density at radius 3 is 2.70 bits per heavy atom. The van der Waals surface area contributed by atoms with E-state index >= 15 is 0 Å². The van der Waals surface area contributed by atoms with Gasteiger partial charge in [0.15, 0.2) is 0 Å². The molecule has 2 amide bonds. The van der Waals surface area contributed by atoms with Gasteiger partial charge in [-0.2, -0.15) is 5.26 Å². The normalized spacial score (nSPS) is 22.0. The maximum Gasteiger partial charge on any atom is 0.330 e. The Kier molecular flexibility index (Phi) is 3.03. The summed E-state index contributed by atoms with van der Waals surface area (Å²) in [6.07, 6.45) is 1.69. The number of anilines is 1. The molecule has 6 heteroatoms. The smallest absolute Gasteiger partial charge is 0.330 e. The maximum atomic E-state index is 12.6. The number of nitrogens with zero attached hydrogens (tertiary/aromatic N) is 3. The van der Waals surface area contributed by atoms with Crippen LogP contribution in [0.1, 0.15) is 12.8 Å². The number of nitriles is 1. The number of fused-ring (bicyclic) bond motifs is 1. The monoisotopic (exact) mass is 288 g/mol. The highest BCUT2D eigenvalue weighted by Gasteiger charge is 2.41. The third kappa shape index (κ3) is 1.81. The zero-order valence-electron chi connectivity index (χ0n) is 10.7. The zero-order chi connectivity index (χ0) is 14.3. The fourth-order valence-electron chi connectivity index (χ4n) is 2.79. The van der Waals surface area contributed by atoms with Crippen LogP contribution in [0.25, 0.3) is 0 Å². The van der Waals surface area contributed by atoms with E-state index in [-0.39, 0.29) is 17.9 Å². The number of benzene rings is 1. The van der Waals surface area contributed by atoms with Crippen LogP contribution in [0.4, 0.5) is 10.5 Å². The molecule has 0 saturated carbocycles. The average Bonchev–Trinajstić information content (AvgIpc) is 2.91. The number of hydrogen-bond acceptors (Lipinski definition) is 3. The standard InChI is InChI=1S/C14H13ClN4O/c15-9-3-5-10(6-4-9)19-13(17)11(8-16)12-2-1-7-18(12)14(19)20/h3-6,12H,1-2,7,17H2. The largest absolute Gasteiger partial charge is 0.384 e. The van der Waals surface area contributed by atoms with Crippen molar-refractivity contribution in [1.29, 1.82) is 5.26 Å². The van der Waals surface area contributed by atoms with Crippen LogP contribution < -0.4 is 10.6 Å². The Labute approximate surface area is 121 Å². The van der Waals surface area contributed by atoms with Gasteiger partial charge in [0.05, 0.1) is 17.3 Å². The van der Waals surface area contributed by atoms with E-state index in [0.717, 1.165) is 12.8 Å². The Balaban J connectivity index is 2.10. The van der Waals surface area contributed by atoms with Gasteiger partial charge in [0.1, 0.15) is 11.9 Å². The Bertz CT molecular complexity index is 632. The minimum Gasteiger partial charge on any atom is -0.384 e. The molecule has 0 aromatic heterocycles. The molecule has 20 heavy (non-hydrogen) atoms. The van der Waals surface area contributed by atoms with E-state index in [0.29, 0.717) is 22.8 Å². The summed E-state index contributed by atoms with van der Waals surface area (Å²) < 4.78 is 0. The summed E-state index contributed by atoms with van der Waals surface area (Å²) in [4.78, 5) is 15.7. The summed E-state index contributed by atoms with van der Waals surface area (Å²) in [7, 11) is 0. The number of halogens is 1. The first-order valence-corrected chi connectivity index (χ1v) is 6.77. The lowest BCUT2D eigenvalue weighted by atomic mass is 10.0. The number of amides is 2. The van der Waals surface area contributed by atoms with E-state index in [2.05, 4.69) is 6.07 Å². The number of carbonyl (C=O) groups is 1. The van der Waals surface area contributed by atoms with E-state index in [1.54, 1.807) is 29.2 Å². The zero-order valence-corrected chi connectivity index (χ0v) is 11.5. The van der Waals surface area contributed by atoms with Crippen molar-refractivity contribution in [3.05, 3.63) is 40.7 Å². The number of urea groups is 1. The quantitative estimate of drug-likeness (QED) is 0.862. The summed E-state index contributed by atoms with van der Waals surface area (Å²) in [5, 5.41) is 9.91. The molecule has 0 aliphatic carbocycles. The summed E-state index contributed by atoms with van der Waals surface area (Å²) in [5.74, 6) is 0.225. The minimum absolute atomic E-state index is 0.170. The Hall–Kier alpha value is -2.19. The van der Waals surface area contributed by atoms with Crippen molar-refractivity contribution in [3.63, 3.8) is 0 Å². The van der Waals surface area contributed by atoms with Crippen molar-refractivity contribution in [2.75, 3.05) is 11.4 Å². The van der Waals surface area contributed by atoms with Gasteiger partial charge in [0, 0.05) is 11.6 Å². The van der Waals surface area contributed by atoms with Crippen LogP contribution in [0, 0.1) is 11.3 Å². The third-order valence-electron chi connectivity index (χ3n) is 3.75. The molecule has 5 nitrogen and oxygen atoms in total. The van der Waals surface area contributed by atoms with Gasteiger partial charge in [-0.05, 0) is 37.1 Å². The van der Waals surface area contributed by atoms with Gasteiger partial charge in [-0.1, -0.05) is 11.6 Å². The van der Waals surface area contributed by atoms with Gasteiger partial charge in [0.2, 0.25) is 0 Å². The molecule has 2 N–H and O–H groups in total. The molecule has 0 spiro atoms. The topological polar surface area (TPSA) is 73.4 Å². The van der Waals surface area contributed by atoms with Crippen LogP contribution in [-0.4, -0.2) is 23.5 Å². The van der Waals surface area contributed by atoms with Crippen molar-refractivity contribution in [2.45, 2.75) is 18.9 Å². The first kappa shape index (κ1) is 12.8. The number of carbonyl (C=O) groups excluding carboxylic acids is 1. The highest BCUT2D eigenvalue weighted by Crippen LogP contribution is 2.34. The van der Waals surface area contributed by atoms with E-state index in [1.807, 2.05) is 0 Å². The van der Waals surface area contributed by atoms with Crippen molar-refractivity contribution < 1.29 is 4.79 Å². The Morgan fingerprint density at radius 2 is 2.05 bits per heavy atom. The first-order chi connectivity index (χ1) is 9.63. The second-order valence-electron chi connectivity index (χ2n) is 4.86. The van der Waals surface area contributed by atoms with Crippen LogP contribution in [-0.2, 0) is 0 Å². The van der Waals surface area contributed by atoms with Crippen molar-refractivity contribution in [3.8, 4) is 6.07 Å². The van der Waals surface area contributed by atoms with Gasteiger partial charge in [-0.25, -0.2) is 9.69 Å².